The van der Waals surface area contributed by atoms with Crippen molar-refractivity contribution in [2.75, 3.05) is 6.54 Å². The number of fused-ring (bicyclic) bond motifs is 1. The smallest absolute Gasteiger partial charge is 0.305 e. The molecule has 1 aromatic heterocycles. The fourth-order valence-corrected chi connectivity index (χ4v) is 5.23. The van der Waals surface area contributed by atoms with Gasteiger partial charge in [-0.2, -0.15) is 5.10 Å². The molecule has 0 aliphatic heterocycles. The molecule has 0 saturated carbocycles. The molecule has 1 amide bonds. The van der Waals surface area contributed by atoms with E-state index in [4.69, 9.17) is 16.7 Å². The van der Waals surface area contributed by atoms with Gasteiger partial charge in [-0.25, -0.2) is 4.39 Å². The van der Waals surface area contributed by atoms with Crippen molar-refractivity contribution in [3.05, 3.63) is 98.4 Å². The first-order valence-electron chi connectivity index (χ1n) is 12.0. The van der Waals surface area contributed by atoms with Crippen LogP contribution in [0.15, 0.2) is 65.1 Å². The molecule has 4 aromatic rings. The number of amides is 1. The number of carboxylic acid groups (broad SMARTS) is 1. The van der Waals surface area contributed by atoms with Gasteiger partial charge in [-0.05, 0) is 59.9 Å². The molecule has 4 rings (SSSR count). The lowest BCUT2D eigenvalue weighted by Gasteiger charge is -2.28. The summed E-state index contributed by atoms with van der Waals surface area (Å²) in [6.07, 6.45) is 1.59. The Bertz CT molecular complexity index is 1410. The molecule has 3 N–H and O–H groups in total. The van der Waals surface area contributed by atoms with Crippen molar-refractivity contribution in [2.24, 2.45) is 0 Å². The third-order valence-electron chi connectivity index (χ3n) is 6.37. The van der Waals surface area contributed by atoms with Gasteiger partial charge in [0, 0.05) is 32.9 Å². The highest BCUT2D eigenvalue weighted by atomic mass is 79.9. The maximum Gasteiger partial charge on any atom is 0.305 e. The molecule has 2 atom stereocenters. The molecule has 0 bridgehead atoms. The van der Waals surface area contributed by atoms with Crippen LogP contribution in [0.4, 0.5) is 4.39 Å². The van der Waals surface area contributed by atoms with E-state index in [9.17, 15) is 14.0 Å². The number of nitrogens with one attached hydrogen (secondary N) is 2. The Kier molecular flexibility index (Phi) is 8.61. The van der Waals surface area contributed by atoms with E-state index in [0.717, 1.165) is 29.7 Å². The summed E-state index contributed by atoms with van der Waals surface area (Å²) in [4.78, 5) is 23.2. The Morgan fingerprint density at radius 1 is 1.11 bits per heavy atom. The first-order chi connectivity index (χ1) is 17.8. The van der Waals surface area contributed by atoms with Crippen molar-refractivity contribution in [2.45, 2.75) is 38.0 Å². The zero-order valence-corrected chi connectivity index (χ0v) is 22.4. The number of H-pyrrole nitrogens is 1. The van der Waals surface area contributed by atoms with Crippen LogP contribution in [0.2, 0.25) is 5.02 Å². The highest BCUT2D eigenvalue weighted by Gasteiger charge is 2.30. The van der Waals surface area contributed by atoms with Crippen molar-refractivity contribution >= 4 is 50.3 Å². The minimum absolute atomic E-state index is 0.0130. The maximum absolute atomic E-state index is 14.7. The van der Waals surface area contributed by atoms with Gasteiger partial charge in [0.2, 0.25) is 0 Å². The Hall–Kier alpha value is -3.23. The summed E-state index contributed by atoms with van der Waals surface area (Å²) in [5.41, 5.74) is 3.55. The second-order valence-corrected chi connectivity index (χ2v) is 10.2. The van der Waals surface area contributed by atoms with Gasteiger partial charge in [-0.1, -0.05) is 65.1 Å². The fourth-order valence-electron chi connectivity index (χ4n) is 4.67. The predicted octanol–water partition coefficient (Wildman–Crippen LogP) is 7.04. The SMILES string of the molecule is CCCC(c1ccc(C(=O)NCCC(=O)O)cc1)C(c1ccc(Cl)cc1)c1[nH]nc2c(F)cc(Br)cc12. The zero-order valence-electron chi connectivity index (χ0n) is 20.1. The Morgan fingerprint density at radius 3 is 2.43 bits per heavy atom. The van der Waals surface area contributed by atoms with Crippen molar-refractivity contribution in [3.8, 4) is 0 Å². The molecule has 0 radical (unpaired) electrons. The topological polar surface area (TPSA) is 95.1 Å². The monoisotopic (exact) mass is 585 g/mol. The van der Waals surface area contributed by atoms with Gasteiger partial charge in [0.15, 0.2) is 5.82 Å². The van der Waals surface area contributed by atoms with Crippen LogP contribution in [0.5, 0.6) is 0 Å². The van der Waals surface area contributed by atoms with E-state index in [2.05, 4.69) is 38.4 Å². The molecular weight excluding hydrogens is 561 g/mol. The summed E-state index contributed by atoms with van der Waals surface area (Å²) < 4.78 is 15.3. The van der Waals surface area contributed by atoms with E-state index >= 15 is 0 Å². The molecule has 0 aliphatic carbocycles. The number of carboxylic acids is 1. The molecule has 2 unspecified atom stereocenters. The molecular formula is C28H26BrClFN3O3. The van der Waals surface area contributed by atoms with Crippen LogP contribution in [0.25, 0.3) is 10.9 Å². The average molecular weight is 587 g/mol. The van der Waals surface area contributed by atoms with Crippen molar-refractivity contribution < 1.29 is 19.1 Å². The molecule has 0 fully saturated rings. The van der Waals surface area contributed by atoms with Gasteiger partial charge >= 0.3 is 5.97 Å². The lowest BCUT2D eigenvalue weighted by Crippen LogP contribution is -2.26. The summed E-state index contributed by atoms with van der Waals surface area (Å²) in [7, 11) is 0. The molecule has 37 heavy (non-hydrogen) atoms. The van der Waals surface area contributed by atoms with Gasteiger partial charge in [0.1, 0.15) is 5.52 Å². The molecule has 192 valence electrons. The minimum atomic E-state index is -0.968. The van der Waals surface area contributed by atoms with E-state index in [1.165, 1.54) is 6.07 Å². The van der Waals surface area contributed by atoms with Gasteiger partial charge in [-0.15, -0.1) is 0 Å². The number of carbonyl (C=O) groups is 2. The van der Waals surface area contributed by atoms with Crippen LogP contribution in [-0.4, -0.2) is 33.7 Å². The number of hydrogen-bond donors (Lipinski definition) is 3. The number of benzene rings is 3. The molecule has 3 aromatic carbocycles. The van der Waals surface area contributed by atoms with E-state index in [0.29, 0.717) is 20.4 Å². The van der Waals surface area contributed by atoms with Crippen LogP contribution in [0.3, 0.4) is 0 Å². The van der Waals surface area contributed by atoms with E-state index in [1.807, 2.05) is 42.5 Å². The Morgan fingerprint density at radius 2 is 1.78 bits per heavy atom. The summed E-state index contributed by atoms with van der Waals surface area (Å²) in [5.74, 6) is -1.90. The van der Waals surface area contributed by atoms with Crippen molar-refractivity contribution in [1.82, 2.24) is 15.5 Å². The van der Waals surface area contributed by atoms with Gasteiger partial charge in [0.05, 0.1) is 12.1 Å². The lowest BCUT2D eigenvalue weighted by molar-refractivity contribution is -0.136. The van der Waals surface area contributed by atoms with Crippen LogP contribution in [0.1, 0.15) is 65.2 Å². The Balaban J connectivity index is 1.76. The third kappa shape index (κ3) is 6.19. The first-order valence-corrected chi connectivity index (χ1v) is 13.1. The number of halogens is 3. The molecule has 0 saturated heterocycles. The number of hydrogen-bond acceptors (Lipinski definition) is 3. The Labute approximate surface area is 227 Å². The zero-order chi connectivity index (χ0) is 26.5. The molecule has 0 aliphatic rings. The van der Waals surface area contributed by atoms with Crippen LogP contribution in [-0.2, 0) is 4.79 Å². The summed E-state index contributed by atoms with van der Waals surface area (Å²) in [6.45, 7) is 2.17. The summed E-state index contributed by atoms with van der Waals surface area (Å²) in [5, 5.41) is 20.1. The van der Waals surface area contributed by atoms with E-state index < -0.39 is 11.8 Å². The minimum Gasteiger partial charge on any atom is -0.481 e. The van der Waals surface area contributed by atoms with E-state index in [-0.39, 0.29) is 36.2 Å². The van der Waals surface area contributed by atoms with Crippen molar-refractivity contribution in [3.63, 3.8) is 0 Å². The van der Waals surface area contributed by atoms with Crippen LogP contribution < -0.4 is 5.32 Å². The number of nitrogens with zero attached hydrogens (tertiary/aromatic N) is 1. The highest BCUT2D eigenvalue weighted by Crippen LogP contribution is 2.43. The number of rotatable bonds is 10. The maximum atomic E-state index is 14.7. The number of aliphatic carboxylic acids is 1. The second kappa shape index (κ2) is 11.9. The predicted molar refractivity (Wildman–Crippen MR) is 146 cm³/mol. The largest absolute Gasteiger partial charge is 0.481 e. The standard InChI is InChI=1S/C28H26BrClFN3O3/c1-2-3-21(16-4-6-18(7-5-16)28(37)32-13-12-24(35)36)25(17-8-10-20(30)11-9-17)27-22-14-19(29)15-23(31)26(22)33-34-27/h4-11,14-15,21,25H,2-3,12-13H2,1H3,(H,32,37)(H,33,34)(H,35,36). The normalized spacial score (nSPS) is 12.9. The van der Waals surface area contributed by atoms with E-state index in [1.54, 1.807) is 12.1 Å². The quantitative estimate of drug-likeness (QED) is 0.186. The average Bonchev–Trinajstić information content (AvgIpc) is 3.28. The molecule has 9 heteroatoms. The summed E-state index contributed by atoms with van der Waals surface area (Å²) in [6, 6.07) is 18.2. The van der Waals surface area contributed by atoms with Crippen LogP contribution in [0, 0.1) is 5.82 Å². The first kappa shape index (κ1) is 26.8. The number of aromatic amines is 1. The van der Waals surface area contributed by atoms with Gasteiger partial charge in [0.25, 0.3) is 5.91 Å². The fraction of sp³-hybridized carbons (Fsp3) is 0.250. The second-order valence-electron chi connectivity index (χ2n) is 8.87. The van der Waals surface area contributed by atoms with Gasteiger partial charge in [-0.3, -0.25) is 14.7 Å². The molecule has 1 heterocycles. The molecule has 6 nitrogen and oxygen atoms in total. The number of carbonyl (C=O) groups excluding carboxylic acids is 1. The third-order valence-corrected chi connectivity index (χ3v) is 7.08. The molecule has 0 spiro atoms. The van der Waals surface area contributed by atoms with Gasteiger partial charge < -0.3 is 10.4 Å². The highest BCUT2D eigenvalue weighted by molar-refractivity contribution is 9.10. The van der Waals surface area contributed by atoms with Crippen LogP contribution >= 0.6 is 27.5 Å². The number of aromatic nitrogens is 2. The van der Waals surface area contributed by atoms with Crippen molar-refractivity contribution in [1.29, 1.82) is 0 Å². The summed E-state index contributed by atoms with van der Waals surface area (Å²) >= 11 is 9.60. The lowest BCUT2D eigenvalue weighted by atomic mass is 9.76.